The van der Waals surface area contributed by atoms with E-state index in [2.05, 4.69) is 15.5 Å². The van der Waals surface area contributed by atoms with Crippen molar-refractivity contribution in [1.82, 2.24) is 20.1 Å². The second-order valence-electron chi connectivity index (χ2n) is 3.75. The highest BCUT2D eigenvalue weighted by molar-refractivity contribution is 7.99. The van der Waals surface area contributed by atoms with E-state index in [9.17, 15) is 0 Å². The van der Waals surface area contributed by atoms with Crippen molar-refractivity contribution in [2.75, 3.05) is 18.8 Å². The van der Waals surface area contributed by atoms with Crippen LogP contribution in [0.3, 0.4) is 0 Å². The summed E-state index contributed by atoms with van der Waals surface area (Å²) in [6.07, 6.45) is 4.41. The maximum absolute atomic E-state index is 4.06. The van der Waals surface area contributed by atoms with Gasteiger partial charge in [-0.3, -0.25) is 0 Å². The molecule has 0 aliphatic carbocycles. The van der Waals surface area contributed by atoms with Crippen LogP contribution in [0.4, 0.5) is 0 Å². The molecule has 1 aliphatic heterocycles. The van der Waals surface area contributed by atoms with Gasteiger partial charge in [-0.15, -0.1) is 22.6 Å². The van der Waals surface area contributed by atoms with Gasteiger partial charge in [-0.05, 0) is 31.8 Å². The van der Waals surface area contributed by atoms with Crippen molar-refractivity contribution in [3.8, 4) is 0 Å². The number of aryl methyl sites for hydroxylation is 1. The van der Waals surface area contributed by atoms with Crippen LogP contribution in [0.2, 0.25) is 0 Å². The van der Waals surface area contributed by atoms with E-state index in [0.717, 1.165) is 23.4 Å². The summed E-state index contributed by atoms with van der Waals surface area (Å²) in [6, 6.07) is 0. The van der Waals surface area contributed by atoms with Crippen LogP contribution >= 0.6 is 24.2 Å². The Morgan fingerprint density at radius 1 is 1.67 bits per heavy atom. The monoisotopic (exact) mass is 248 g/mol. The summed E-state index contributed by atoms with van der Waals surface area (Å²) in [5.74, 6) is 1.95. The van der Waals surface area contributed by atoms with E-state index >= 15 is 0 Å². The van der Waals surface area contributed by atoms with Crippen molar-refractivity contribution in [3.05, 3.63) is 6.33 Å². The van der Waals surface area contributed by atoms with Gasteiger partial charge < -0.3 is 9.88 Å². The number of nitrogens with one attached hydrogen (secondary N) is 1. The van der Waals surface area contributed by atoms with Crippen molar-refractivity contribution >= 4 is 24.2 Å². The Balaban J connectivity index is 0.00000112. The van der Waals surface area contributed by atoms with E-state index in [0.29, 0.717) is 0 Å². The first-order valence-electron chi connectivity index (χ1n) is 5.04. The molecular formula is C9H17ClN4S. The van der Waals surface area contributed by atoms with Crippen LogP contribution in [0.25, 0.3) is 0 Å². The van der Waals surface area contributed by atoms with Crippen LogP contribution in [0.5, 0.6) is 0 Å². The molecule has 0 aromatic carbocycles. The molecule has 1 aromatic heterocycles. The molecule has 6 heteroatoms. The normalized spacial score (nSPS) is 21.0. The molecule has 0 amide bonds. The summed E-state index contributed by atoms with van der Waals surface area (Å²) in [7, 11) is 1.99. The van der Waals surface area contributed by atoms with Crippen LogP contribution < -0.4 is 5.32 Å². The van der Waals surface area contributed by atoms with E-state index in [1.165, 1.54) is 19.4 Å². The fourth-order valence-electron chi connectivity index (χ4n) is 1.66. The number of piperidine rings is 1. The molecule has 0 spiro atoms. The lowest BCUT2D eigenvalue weighted by Crippen LogP contribution is -2.30. The van der Waals surface area contributed by atoms with Gasteiger partial charge in [-0.1, -0.05) is 11.8 Å². The number of halogens is 1. The first kappa shape index (κ1) is 12.8. The Morgan fingerprint density at radius 2 is 2.53 bits per heavy atom. The molecule has 0 radical (unpaired) electrons. The molecule has 4 nitrogen and oxygen atoms in total. The highest BCUT2D eigenvalue weighted by Gasteiger charge is 2.14. The Bertz CT molecular complexity index is 285. The predicted octanol–water partition coefficient (Wildman–Crippen LogP) is 1.33. The molecule has 15 heavy (non-hydrogen) atoms. The van der Waals surface area contributed by atoms with Crippen LogP contribution in [0, 0.1) is 5.92 Å². The number of hydrogen-bond acceptors (Lipinski definition) is 4. The molecule has 0 bridgehead atoms. The van der Waals surface area contributed by atoms with Crippen molar-refractivity contribution < 1.29 is 0 Å². The third kappa shape index (κ3) is 3.66. The maximum Gasteiger partial charge on any atom is 0.190 e. The molecule has 2 rings (SSSR count). The fourth-order valence-corrected chi connectivity index (χ4v) is 2.69. The molecule has 1 unspecified atom stereocenters. The standard InChI is InChI=1S/C9H16N4S.ClH/c1-13-7-11-12-9(13)14-6-8-3-2-4-10-5-8;/h7-8,10H,2-6H2,1H3;1H. The highest BCUT2D eigenvalue weighted by Crippen LogP contribution is 2.21. The molecule has 2 heterocycles. The zero-order valence-electron chi connectivity index (χ0n) is 8.85. The summed E-state index contributed by atoms with van der Waals surface area (Å²) in [5, 5.41) is 12.4. The zero-order chi connectivity index (χ0) is 9.80. The van der Waals surface area contributed by atoms with Crippen LogP contribution in [-0.2, 0) is 7.05 Å². The number of aromatic nitrogens is 3. The molecule has 1 aromatic rings. The smallest absolute Gasteiger partial charge is 0.190 e. The minimum atomic E-state index is 0. The third-order valence-electron chi connectivity index (χ3n) is 2.52. The van der Waals surface area contributed by atoms with Gasteiger partial charge in [0.05, 0.1) is 0 Å². The topological polar surface area (TPSA) is 42.7 Å². The van der Waals surface area contributed by atoms with Crippen molar-refractivity contribution in [2.45, 2.75) is 18.0 Å². The van der Waals surface area contributed by atoms with Gasteiger partial charge in [0.1, 0.15) is 6.33 Å². The van der Waals surface area contributed by atoms with Crippen molar-refractivity contribution in [1.29, 1.82) is 0 Å². The van der Waals surface area contributed by atoms with Gasteiger partial charge in [-0.25, -0.2) is 0 Å². The number of nitrogens with zero attached hydrogens (tertiary/aromatic N) is 3. The first-order valence-corrected chi connectivity index (χ1v) is 6.02. The van der Waals surface area contributed by atoms with Gasteiger partial charge in [0, 0.05) is 12.8 Å². The van der Waals surface area contributed by atoms with E-state index in [1.54, 1.807) is 6.33 Å². The quantitative estimate of drug-likeness (QED) is 0.820. The van der Waals surface area contributed by atoms with Gasteiger partial charge in [0.2, 0.25) is 0 Å². The van der Waals surface area contributed by atoms with Gasteiger partial charge in [0.15, 0.2) is 5.16 Å². The van der Waals surface area contributed by atoms with E-state index in [-0.39, 0.29) is 12.4 Å². The summed E-state index contributed by atoms with van der Waals surface area (Å²) in [4.78, 5) is 0. The molecule has 1 aliphatic rings. The lowest BCUT2D eigenvalue weighted by molar-refractivity contribution is 0.410. The molecule has 0 saturated carbocycles. The Labute approximate surface area is 101 Å². The number of rotatable bonds is 3. The predicted molar refractivity (Wildman–Crippen MR) is 64.6 cm³/mol. The second-order valence-corrected chi connectivity index (χ2v) is 4.73. The van der Waals surface area contributed by atoms with Crippen molar-refractivity contribution in [2.24, 2.45) is 13.0 Å². The zero-order valence-corrected chi connectivity index (χ0v) is 10.5. The summed E-state index contributed by atoms with van der Waals surface area (Å²) >= 11 is 1.81. The van der Waals surface area contributed by atoms with E-state index in [1.807, 2.05) is 23.4 Å². The average molecular weight is 249 g/mol. The van der Waals surface area contributed by atoms with E-state index < -0.39 is 0 Å². The molecular weight excluding hydrogens is 232 g/mol. The van der Waals surface area contributed by atoms with Crippen LogP contribution in [-0.4, -0.2) is 33.6 Å². The molecule has 1 saturated heterocycles. The van der Waals surface area contributed by atoms with Gasteiger partial charge >= 0.3 is 0 Å². The lowest BCUT2D eigenvalue weighted by atomic mass is 10.0. The van der Waals surface area contributed by atoms with E-state index in [4.69, 9.17) is 0 Å². The van der Waals surface area contributed by atoms with Gasteiger partial charge in [-0.2, -0.15) is 0 Å². The van der Waals surface area contributed by atoms with Crippen molar-refractivity contribution in [3.63, 3.8) is 0 Å². The average Bonchev–Trinajstić information content (AvgIpc) is 2.63. The number of thioether (sulfide) groups is 1. The molecule has 86 valence electrons. The molecule has 1 atom stereocenters. The Hall–Kier alpha value is -0.260. The summed E-state index contributed by atoms with van der Waals surface area (Å²) in [6.45, 7) is 2.34. The second kappa shape index (κ2) is 6.35. The lowest BCUT2D eigenvalue weighted by Gasteiger charge is -2.21. The largest absolute Gasteiger partial charge is 0.316 e. The minimum absolute atomic E-state index is 0. The highest BCUT2D eigenvalue weighted by atomic mass is 35.5. The molecule has 1 fully saturated rings. The third-order valence-corrected chi connectivity index (χ3v) is 3.78. The SMILES string of the molecule is Cl.Cn1cnnc1SCC1CCCNC1. The Kier molecular flexibility index (Phi) is 5.42. The Morgan fingerprint density at radius 3 is 3.13 bits per heavy atom. The van der Waals surface area contributed by atoms with Gasteiger partial charge in [0.25, 0.3) is 0 Å². The number of hydrogen-bond donors (Lipinski definition) is 1. The fraction of sp³-hybridized carbons (Fsp3) is 0.778. The molecule has 1 N–H and O–H groups in total. The minimum Gasteiger partial charge on any atom is -0.316 e. The summed E-state index contributed by atoms with van der Waals surface area (Å²) < 4.78 is 1.97. The van der Waals surface area contributed by atoms with Crippen LogP contribution in [0.1, 0.15) is 12.8 Å². The summed E-state index contributed by atoms with van der Waals surface area (Å²) in [5.41, 5.74) is 0. The van der Waals surface area contributed by atoms with Crippen LogP contribution in [0.15, 0.2) is 11.5 Å². The maximum atomic E-state index is 4.06. The first-order chi connectivity index (χ1) is 6.86.